The molecule has 1 rings (SSSR count). The standard InChI is InChI=1S/C12H20O2/c1-6-9(2)7-11-10(3)14-12(4,5)8-13-11/h7H,6,8H2,1-5H3/b9-7+. The van der Waals surface area contributed by atoms with Crippen molar-refractivity contribution in [3.63, 3.8) is 0 Å². The fraction of sp³-hybridized carbons (Fsp3) is 0.667. The molecule has 0 atom stereocenters. The van der Waals surface area contributed by atoms with Gasteiger partial charge in [-0.2, -0.15) is 0 Å². The number of hydrogen-bond donors (Lipinski definition) is 0. The molecule has 1 aliphatic rings. The number of ether oxygens (including phenoxy) is 2. The van der Waals surface area contributed by atoms with E-state index in [0.29, 0.717) is 6.61 Å². The Kier molecular flexibility index (Phi) is 3.25. The fourth-order valence-electron chi connectivity index (χ4n) is 1.32. The molecule has 1 heterocycles. The van der Waals surface area contributed by atoms with Gasteiger partial charge in [-0.05, 0) is 40.2 Å². The average molecular weight is 196 g/mol. The van der Waals surface area contributed by atoms with E-state index in [1.807, 2.05) is 20.8 Å². The summed E-state index contributed by atoms with van der Waals surface area (Å²) in [5, 5.41) is 0. The van der Waals surface area contributed by atoms with Crippen molar-refractivity contribution in [1.29, 1.82) is 0 Å². The van der Waals surface area contributed by atoms with E-state index in [4.69, 9.17) is 9.47 Å². The third kappa shape index (κ3) is 2.79. The third-order valence-corrected chi connectivity index (χ3v) is 2.29. The highest BCUT2D eigenvalue weighted by molar-refractivity contribution is 5.21. The van der Waals surface area contributed by atoms with E-state index in [2.05, 4.69) is 19.9 Å². The van der Waals surface area contributed by atoms with Crippen LogP contribution in [0.1, 0.15) is 41.0 Å². The Morgan fingerprint density at radius 3 is 2.64 bits per heavy atom. The average Bonchev–Trinajstić information content (AvgIpc) is 2.09. The van der Waals surface area contributed by atoms with E-state index in [9.17, 15) is 0 Å². The summed E-state index contributed by atoms with van der Waals surface area (Å²) >= 11 is 0. The van der Waals surface area contributed by atoms with E-state index in [0.717, 1.165) is 17.9 Å². The molecule has 0 saturated carbocycles. The topological polar surface area (TPSA) is 18.5 Å². The summed E-state index contributed by atoms with van der Waals surface area (Å²) in [6.45, 7) is 10.9. The Labute approximate surface area is 86.6 Å². The van der Waals surface area contributed by atoms with Gasteiger partial charge in [-0.25, -0.2) is 0 Å². The van der Waals surface area contributed by atoms with E-state index >= 15 is 0 Å². The molecule has 0 radical (unpaired) electrons. The summed E-state index contributed by atoms with van der Waals surface area (Å²) in [4.78, 5) is 0. The zero-order chi connectivity index (χ0) is 10.8. The van der Waals surface area contributed by atoms with Crippen LogP contribution < -0.4 is 0 Å². The van der Waals surface area contributed by atoms with Crippen molar-refractivity contribution in [3.8, 4) is 0 Å². The van der Waals surface area contributed by atoms with Gasteiger partial charge in [-0.15, -0.1) is 0 Å². The van der Waals surface area contributed by atoms with Crippen LogP contribution in [0.15, 0.2) is 23.2 Å². The van der Waals surface area contributed by atoms with E-state index in [-0.39, 0.29) is 5.60 Å². The lowest BCUT2D eigenvalue weighted by molar-refractivity contribution is -0.0580. The molecule has 80 valence electrons. The predicted molar refractivity (Wildman–Crippen MR) is 57.9 cm³/mol. The Bertz CT molecular complexity index is 272. The Balaban J connectivity index is 2.81. The highest BCUT2D eigenvalue weighted by atomic mass is 16.6. The maximum atomic E-state index is 5.74. The first-order valence-electron chi connectivity index (χ1n) is 5.14. The van der Waals surface area contributed by atoms with Gasteiger partial charge in [0.15, 0.2) is 5.76 Å². The molecule has 0 aliphatic carbocycles. The van der Waals surface area contributed by atoms with Crippen molar-refractivity contribution in [1.82, 2.24) is 0 Å². The quantitative estimate of drug-likeness (QED) is 0.674. The van der Waals surface area contributed by atoms with Crippen LogP contribution in [0.3, 0.4) is 0 Å². The lowest BCUT2D eigenvalue weighted by atomic mass is 10.1. The summed E-state index contributed by atoms with van der Waals surface area (Å²) in [6.07, 6.45) is 3.11. The van der Waals surface area contributed by atoms with Crippen molar-refractivity contribution >= 4 is 0 Å². The second-order valence-electron chi connectivity index (χ2n) is 4.42. The van der Waals surface area contributed by atoms with Gasteiger partial charge in [-0.3, -0.25) is 0 Å². The first-order valence-corrected chi connectivity index (χ1v) is 5.14. The minimum atomic E-state index is -0.193. The van der Waals surface area contributed by atoms with Crippen molar-refractivity contribution in [2.45, 2.75) is 46.6 Å². The number of rotatable bonds is 2. The summed E-state index contributed by atoms with van der Waals surface area (Å²) in [6, 6.07) is 0. The summed E-state index contributed by atoms with van der Waals surface area (Å²) in [5.41, 5.74) is 1.12. The lowest BCUT2D eigenvalue weighted by Gasteiger charge is -2.32. The molecule has 0 fully saturated rings. The highest BCUT2D eigenvalue weighted by Gasteiger charge is 2.26. The molecule has 0 bridgehead atoms. The second-order valence-corrected chi connectivity index (χ2v) is 4.42. The lowest BCUT2D eigenvalue weighted by Crippen LogP contribution is -2.33. The zero-order valence-electron chi connectivity index (χ0n) is 9.81. The molecule has 2 heteroatoms. The molecule has 14 heavy (non-hydrogen) atoms. The normalized spacial score (nSPS) is 21.6. The largest absolute Gasteiger partial charge is 0.486 e. The van der Waals surface area contributed by atoms with Crippen LogP contribution in [-0.2, 0) is 9.47 Å². The third-order valence-electron chi connectivity index (χ3n) is 2.29. The molecule has 1 aliphatic heterocycles. The molecule has 0 spiro atoms. The molecular formula is C12H20O2. The van der Waals surface area contributed by atoms with Crippen LogP contribution in [0.25, 0.3) is 0 Å². The second kappa shape index (κ2) is 4.07. The van der Waals surface area contributed by atoms with Gasteiger partial charge in [-0.1, -0.05) is 12.5 Å². The van der Waals surface area contributed by atoms with Crippen LogP contribution >= 0.6 is 0 Å². The SMILES string of the molecule is CC/C(C)=C/C1=C(C)OC(C)(C)CO1. The van der Waals surface area contributed by atoms with Gasteiger partial charge >= 0.3 is 0 Å². The summed E-state index contributed by atoms with van der Waals surface area (Å²) < 4.78 is 11.4. The van der Waals surface area contributed by atoms with Crippen molar-refractivity contribution in [2.75, 3.05) is 6.61 Å². The monoisotopic (exact) mass is 196 g/mol. The minimum Gasteiger partial charge on any atom is -0.486 e. The molecule has 0 aromatic carbocycles. The van der Waals surface area contributed by atoms with Crippen molar-refractivity contribution in [2.24, 2.45) is 0 Å². The van der Waals surface area contributed by atoms with Gasteiger partial charge in [0, 0.05) is 0 Å². The number of allylic oxidation sites excluding steroid dienone is 3. The Morgan fingerprint density at radius 2 is 2.14 bits per heavy atom. The number of hydrogen-bond acceptors (Lipinski definition) is 2. The van der Waals surface area contributed by atoms with E-state index < -0.39 is 0 Å². The van der Waals surface area contributed by atoms with Crippen LogP contribution in [0.2, 0.25) is 0 Å². The maximum Gasteiger partial charge on any atom is 0.156 e. The van der Waals surface area contributed by atoms with Gasteiger partial charge < -0.3 is 9.47 Å². The molecule has 0 unspecified atom stereocenters. The van der Waals surface area contributed by atoms with Crippen LogP contribution in [0, 0.1) is 0 Å². The molecule has 0 N–H and O–H groups in total. The molecule has 0 aromatic heterocycles. The molecule has 0 amide bonds. The predicted octanol–water partition coefficient (Wildman–Crippen LogP) is 3.40. The van der Waals surface area contributed by atoms with Gasteiger partial charge in [0.2, 0.25) is 0 Å². The Morgan fingerprint density at radius 1 is 1.50 bits per heavy atom. The zero-order valence-corrected chi connectivity index (χ0v) is 9.81. The minimum absolute atomic E-state index is 0.193. The highest BCUT2D eigenvalue weighted by Crippen LogP contribution is 2.26. The van der Waals surface area contributed by atoms with Crippen LogP contribution in [0.5, 0.6) is 0 Å². The Hall–Kier alpha value is -0.920. The first kappa shape index (κ1) is 11.2. The maximum absolute atomic E-state index is 5.74. The molecule has 0 saturated heterocycles. The van der Waals surface area contributed by atoms with Gasteiger partial charge in [0.1, 0.15) is 18.0 Å². The summed E-state index contributed by atoms with van der Waals surface area (Å²) in [5.74, 6) is 1.76. The summed E-state index contributed by atoms with van der Waals surface area (Å²) in [7, 11) is 0. The van der Waals surface area contributed by atoms with Crippen LogP contribution in [-0.4, -0.2) is 12.2 Å². The molecule has 0 aromatic rings. The van der Waals surface area contributed by atoms with Crippen LogP contribution in [0.4, 0.5) is 0 Å². The molecule has 2 nitrogen and oxygen atoms in total. The van der Waals surface area contributed by atoms with Gasteiger partial charge in [0.05, 0.1) is 0 Å². The van der Waals surface area contributed by atoms with Gasteiger partial charge in [0.25, 0.3) is 0 Å². The molecular weight excluding hydrogens is 176 g/mol. The van der Waals surface area contributed by atoms with E-state index in [1.54, 1.807) is 0 Å². The fourth-order valence-corrected chi connectivity index (χ4v) is 1.32. The smallest absolute Gasteiger partial charge is 0.156 e. The van der Waals surface area contributed by atoms with Crippen molar-refractivity contribution in [3.05, 3.63) is 23.2 Å². The first-order chi connectivity index (χ1) is 6.44. The van der Waals surface area contributed by atoms with Crippen molar-refractivity contribution < 1.29 is 9.47 Å². The van der Waals surface area contributed by atoms with E-state index in [1.165, 1.54) is 5.57 Å².